The molecule has 4 heterocycles. The highest BCUT2D eigenvalue weighted by Gasteiger charge is 2.40. The average Bonchev–Trinajstić information content (AvgIpc) is 3.13. The molecule has 2 atom stereocenters. The SMILES string of the molecule is COc1ncc(Oc2ccc(C(=O)N[C@@H]3C4CCN(CC4)[C@H]3C)cc2)s1. The Balaban J connectivity index is 1.39. The quantitative estimate of drug-likeness (QED) is 0.872. The molecule has 0 spiro atoms. The van der Waals surface area contributed by atoms with E-state index < -0.39 is 0 Å². The number of carbonyl (C=O) groups is 1. The van der Waals surface area contributed by atoms with Gasteiger partial charge in [0, 0.05) is 17.6 Å². The molecule has 0 saturated carbocycles. The molecule has 26 heavy (non-hydrogen) atoms. The van der Waals surface area contributed by atoms with Crippen LogP contribution in [0.1, 0.15) is 30.1 Å². The van der Waals surface area contributed by atoms with E-state index in [2.05, 4.69) is 22.1 Å². The van der Waals surface area contributed by atoms with Crippen molar-refractivity contribution in [2.45, 2.75) is 31.8 Å². The summed E-state index contributed by atoms with van der Waals surface area (Å²) >= 11 is 1.33. The Morgan fingerprint density at radius 3 is 2.62 bits per heavy atom. The number of hydrogen-bond acceptors (Lipinski definition) is 6. The monoisotopic (exact) mass is 373 g/mol. The third-order valence-corrected chi connectivity index (χ3v) is 6.28. The van der Waals surface area contributed by atoms with E-state index in [-0.39, 0.29) is 11.9 Å². The van der Waals surface area contributed by atoms with Crippen LogP contribution in [0.5, 0.6) is 16.0 Å². The van der Waals surface area contributed by atoms with E-state index in [1.807, 2.05) is 0 Å². The fourth-order valence-electron chi connectivity index (χ4n) is 3.96. The molecule has 1 aromatic heterocycles. The molecule has 0 radical (unpaired) electrons. The molecule has 1 aromatic carbocycles. The van der Waals surface area contributed by atoms with Crippen molar-refractivity contribution in [1.29, 1.82) is 0 Å². The largest absolute Gasteiger partial charge is 0.473 e. The normalized spacial score (nSPS) is 27.2. The maximum atomic E-state index is 12.7. The first-order chi connectivity index (χ1) is 12.6. The summed E-state index contributed by atoms with van der Waals surface area (Å²) in [7, 11) is 1.58. The van der Waals surface area contributed by atoms with Gasteiger partial charge in [0.05, 0.1) is 13.3 Å². The maximum absolute atomic E-state index is 12.7. The van der Waals surface area contributed by atoms with Crippen molar-refractivity contribution in [2.75, 3.05) is 20.2 Å². The Morgan fingerprint density at radius 2 is 2.00 bits per heavy atom. The molecule has 138 valence electrons. The van der Waals surface area contributed by atoms with E-state index in [1.165, 1.54) is 24.2 Å². The number of hydrogen-bond donors (Lipinski definition) is 1. The van der Waals surface area contributed by atoms with E-state index in [0.717, 1.165) is 13.1 Å². The van der Waals surface area contributed by atoms with Crippen LogP contribution in [-0.2, 0) is 0 Å². The molecule has 2 bridgehead atoms. The predicted molar refractivity (Wildman–Crippen MR) is 100 cm³/mol. The Bertz CT molecular complexity index is 767. The lowest BCUT2D eigenvalue weighted by Gasteiger charge is -2.49. The smallest absolute Gasteiger partial charge is 0.276 e. The first kappa shape index (κ1) is 17.3. The molecule has 3 fully saturated rings. The second-order valence-electron chi connectivity index (χ2n) is 6.89. The van der Waals surface area contributed by atoms with Gasteiger partial charge in [0.1, 0.15) is 5.75 Å². The minimum Gasteiger partial charge on any atom is -0.473 e. The summed E-state index contributed by atoms with van der Waals surface area (Å²) in [5.41, 5.74) is 0.655. The lowest BCUT2D eigenvalue weighted by atomic mass is 9.79. The number of ether oxygens (including phenoxy) is 2. The van der Waals surface area contributed by atoms with Gasteiger partial charge in [-0.15, -0.1) is 0 Å². The number of methoxy groups -OCH3 is 1. The third kappa shape index (κ3) is 3.41. The average molecular weight is 373 g/mol. The molecule has 5 rings (SSSR count). The predicted octanol–water partition coefficient (Wildman–Crippen LogP) is 3.16. The minimum absolute atomic E-state index is 0.0124. The zero-order chi connectivity index (χ0) is 18.1. The molecule has 3 aliphatic heterocycles. The van der Waals surface area contributed by atoms with E-state index in [1.54, 1.807) is 37.6 Å². The minimum atomic E-state index is -0.0124. The summed E-state index contributed by atoms with van der Waals surface area (Å²) < 4.78 is 10.8. The van der Waals surface area contributed by atoms with Gasteiger partial charge in [-0.2, -0.15) is 0 Å². The van der Waals surface area contributed by atoms with Crippen molar-refractivity contribution < 1.29 is 14.3 Å². The molecular formula is C19H23N3O3S. The number of piperidine rings is 3. The fourth-order valence-corrected chi connectivity index (χ4v) is 4.56. The molecule has 3 aliphatic rings. The molecule has 0 aliphatic carbocycles. The molecule has 6 nitrogen and oxygen atoms in total. The first-order valence-corrected chi connectivity index (χ1v) is 9.78. The molecule has 0 unspecified atom stereocenters. The van der Waals surface area contributed by atoms with Gasteiger partial charge in [0.25, 0.3) is 11.1 Å². The van der Waals surface area contributed by atoms with Gasteiger partial charge in [0.15, 0.2) is 0 Å². The van der Waals surface area contributed by atoms with Crippen LogP contribution < -0.4 is 14.8 Å². The van der Waals surface area contributed by atoms with Crippen molar-refractivity contribution in [3.8, 4) is 16.0 Å². The summed E-state index contributed by atoms with van der Waals surface area (Å²) in [5.74, 6) is 1.26. The second kappa shape index (κ2) is 7.25. The first-order valence-electron chi connectivity index (χ1n) is 8.96. The Labute approximate surface area is 157 Å². The summed E-state index contributed by atoms with van der Waals surface area (Å²) in [6, 6.07) is 7.87. The molecule has 1 N–H and O–H groups in total. The third-order valence-electron chi connectivity index (χ3n) is 5.45. The molecular weight excluding hydrogens is 350 g/mol. The summed E-state index contributed by atoms with van der Waals surface area (Å²) in [6.45, 7) is 4.54. The lowest BCUT2D eigenvalue weighted by molar-refractivity contribution is 0.0217. The van der Waals surface area contributed by atoms with E-state index in [9.17, 15) is 4.79 Å². The number of nitrogens with one attached hydrogen (secondary N) is 1. The Kier molecular flexibility index (Phi) is 4.82. The number of carbonyl (C=O) groups excluding carboxylic acids is 1. The molecule has 1 amide bonds. The fraction of sp³-hybridized carbons (Fsp3) is 0.474. The summed E-state index contributed by atoms with van der Waals surface area (Å²) in [5, 5.41) is 4.46. The number of amides is 1. The standard InChI is InChI=1S/C19H23N3O3S/c1-12-17(13-7-9-22(12)10-8-13)21-18(23)14-3-5-15(6-4-14)25-16-11-20-19(24-2)26-16/h3-6,11-13,17H,7-10H2,1-2H3,(H,21,23)/t12-,17-/m0/s1. The summed E-state index contributed by atoms with van der Waals surface area (Å²) in [4.78, 5) is 19.2. The molecule has 3 saturated heterocycles. The Hall–Kier alpha value is -2.12. The van der Waals surface area contributed by atoms with Gasteiger partial charge in [-0.3, -0.25) is 9.69 Å². The zero-order valence-electron chi connectivity index (χ0n) is 15.0. The van der Waals surface area contributed by atoms with E-state index in [0.29, 0.717) is 33.5 Å². The zero-order valence-corrected chi connectivity index (χ0v) is 15.8. The maximum Gasteiger partial charge on any atom is 0.276 e. The van der Waals surface area contributed by atoms with Crippen LogP contribution in [0.2, 0.25) is 0 Å². The number of nitrogens with zero attached hydrogens (tertiary/aromatic N) is 2. The van der Waals surface area contributed by atoms with Gasteiger partial charge in [0.2, 0.25) is 5.06 Å². The van der Waals surface area contributed by atoms with Gasteiger partial charge in [-0.25, -0.2) is 4.98 Å². The number of benzene rings is 1. The van der Waals surface area contributed by atoms with Crippen LogP contribution in [-0.4, -0.2) is 48.1 Å². The highest BCUT2D eigenvalue weighted by Crippen LogP contribution is 2.33. The highest BCUT2D eigenvalue weighted by atomic mass is 32.1. The van der Waals surface area contributed by atoms with Crippen molar-refractivity contribution in [3.63, 3.8) is 0 Å². The molecule has 7 heteroatoms. The number of aromatic nitrogens is 1. The van der Waals surface area contributed by atoms with Crippen LogP contribution in [0.3, 0.4) is 0 Å². The van der Waals surface area contributed by atoms with Crippen molar-refractivity contribution >= 4 is 17.2 Å². The second-order valence-corrected chi connectivity index (χ2v) is 7.84. The van der Waals surface area contributed by atoms with Gasteiger partial charge < -0.3 is 14.8 Å². The summed E-state index contributed by atoms with van der Waals surface area (Å²) in [6.07, 6.45) is 3.99. The number of rotatable bonds is 5. The van der Waals surface area contributed by atoms with Crippen LogP contribution in [0.15, 0.2) is 30.5 Å². The number of thiazole rings is 1. The van der Waals surface area contributed by atoms with Crippen LogP contribution in [0.25, 0.3) is 0 Å². The number of fused-ring (bicyclic) bond motifs is 3. The van der Waals surface area contributed by atoms with Gasteiger partial charge in [-0.05, 0) is 74.4 Å². The highest BCUT2D eigenvalue weighted by molar-refractivity contribution is 7.15. The van der Waals surface area contributed by atoms with Crippen LogP contribution >= 0.6 is 11.3 Å². The van der Waals surface area contributed by atoms with Crippen LogP contribution in [0.4, 0.5) is 0 Å². The lowest BCUT2D eigenvalue weighted by Crippen LogP contribution is -2.62. The molecule has 2 aromatic rings. The Morgan fingerprint density at radius 1 is 1.27 bits per heavy atom. The van der Waals surface area contributed by atoms with E-state index >= 15 is 0 Å². The van der Waals surface area contributed by atoms with Crippen molar-refractivity contribution in [2.24, 2.45) is 5.92 Å². The van der Waals surface area contributed by atoms with Gasteiger partial charge >= 0.3 is 0 Å². The topological polar surface area (TPSA) is 63.7 Å². The van der Waals surface area contributed by atoms with Crippen molar-refractivity contribution in [3.05, 3.63) is 36.0 Å². The van der Waals surface area contributed by atoms with Crippen molar-refractivity contribution in [1.82, 2.24) is 15.2 Å². The van der Waals surface area contributed by atoms with Gasteiger partial charge in [-0.1, -0.05) is 0 Å². The van der Waals surface area contributed by atoms with Crippen LogP contribution in [0, 0.1) is 5.92 Å². The van der Waals surface area contributed by atoms with E-state index in [4.69, 9.17) is 9.47 Å².